The van der Waals surface area contributed by atoms with Crippen LogP contribution in [0.25, 0.3) is 0 Å². The maximum atomic E-state index is 12.5. The average molecular weight is 1070 g/mol. The molecule has 0 aliphatic heterocycles. The lowest BCUT2D eigenvalue weighted by Gasteiger charge is -2.20. The van der Waals surface area contributed by atoms with Crippen LogP contribution in [0.1, 0.15) is 425 Å². The number of amides is 1. The Morgan fingerprint density at radius 3 is 0.684 bits per heavy atom. The Labute approximate surface area is 479 Å². The zero-order chi connectivity index (χ0) is 54.8. The van der Waals surface area contributed by atoms with Gasteiger partial charge < -0.3 is 15.5 Å². The number of nitrogens with one attached hydrogen (secondary N) is 1. The third-order valence-corrected chi connectivity index (χ3v) is 17.3. The highest BCUT2D eigenvalue weighted by molar-refractivity contribution is 5.76. The Bertz CT molecular complexity index is 1080. The topological polar surface area (TPSA) is 69.6 Å². The first kappa shape index (κ1) is 75.1. The molecule has 1 amide bonds. The molecular formula is C72H143NO3. The summed E-state index contributed by atoms with van der Waals surface area (Å²) in [4.78, 5) is 12.5. The van der Waals surface area contributed by atoms with Crippen LogP contribution in [-0.2, 0) is 4.79 Å². The van der Waals surface area contributed by atoms with E-state index in [0.717, 1.165) is 25.7 Å². The van der Waals surface area contributed by atoms with E-state index in [1.807, 2.05) is 6.08 Å². The Kier molecular flexibility index (Phi) is 67.6. The van der Waals surface area contributed by atoms with Gasteiger partial charge in [-0.05, 0) is 19.3 Å². The van der Waals surface area contributed by atoms with Crippen LogP contribution in [0.15, 0.2) is 12.2 Å². The number of hydrogen-bond donors (Lipinski definition) is 3. The average Bonchev–Trinajstić information content (AvgIpc) is 3.42. The summed E-state index contributed by atoms with van der Waals surface area (Å²) in [5.74, 6) is -0.0527. The molecule has 0 aromatic heterocycles. The molecule has 0 rings (SSSR count). The third kappa shape index (κ3) is 64.0. The Hall–Kier alpha value is -0.870. The molecule has 4 nitrogen and oxygen atoms in total. The number of aliphatic hydroxyl groups excluding tert-OH is 2. The first-order valence-electron chi connectivity index (χ1n) is 35.9. The van der Waals surface area contributed by atoms with Crippen LogP contribution in [0, 0.1) is 0 Å². The number of rotatable bonds is 68. The number of carbonyl (C=O) groups is 1. The van der Waals surface area contributed by atoms with E-state index in [0.29, 0.717) is 6.42 Å². The van der Waals surface area contributed by atoms with Gasteiger partial charge in [0, 0.05) is 6.42 Å². The normalized spacial score (nSPS) is 12.6. The highest BCUT2D eigenvalue weighted by atomic mass is 16.3. The van der Waals surface area contributed by atoms with Crippen molar-refractivity contribution in [1.82, 2.24) is 5.32 Å². The minimum Gasteiger partial charge on any atom is -0.394 e. The highest BCUT2D eigenvalue weighted by Crippen LogP contribution is 2.20. The van der Waals surface area contributed by atoms with E-state index in [2.05, 4.69) is 19.2 Å². The molecule has 0 saturated heterocycles. The van der Waals surface area contributed by atoms with Gasteiger partial charge >= 0.3 is 0 Å². The Balaban J connectivity index is 3.38. The zero-order valence-electron chi connectivity index (χ0n) is 52.6. The van der Waals surface area contributed by atoms with Gasteiger partial charge in [-0.1, -0.05) is 411 Å². The van der Waals surface area contributed by atoms with Crippen LogP contribution in [0.5, 0.6) is 0 Å². The summed E-state index contributed by atoms with van der Waals surface area (Å²) < 4.78 is 0. The van der Waals surface area contributed by atoms with E-state index < -0.39 is 12.1 Å². The molecule has 3 N–H and O–H groups in total. The molecule has 0 heterocycles. The smallest absolute Gasteiger partial charge is 0.220 e. The van der Waals surface area contributed by atoms with Gasteiger partial charge in [0.05, 0.1) is 18.8 Å². The summed E-state index contributed by atoms with van der Waals surface area (Å²) in [7, 11) is 0. The molecule has 454 valence electrons. The molecule has 0 saturated carbocycles. The van der Waals surface area contributed by atoms with Gasteiger partial charge in [-0.2, -0.15) is 0 Å². The van der Waals surface area contributed by atoms with Gasteiger partial charge in [0.2, 0.25) is 5.91 Å². The molecule has 76 heavy (non-hydrogen) atoms. The van der Waals surface area contributed by atoms with E-state index in [1.54, 1.807) is 6.08 Å². The van der Waals surface area contributed by atoms with E-state index in [4.69, 9.17) is 0 Å². The van der Waals surface area contributed by atoms with Crippen LogP contribution >= 0.6 is 0 Å². The summed E-state index contributed by atoms with van der Waals surface area (Å²) in [6.07, 6.45) is 91.8. The number of allylic oxidation sites excluding steroid dienone is 1. The fourth-order valence-electron chi connectivity index (χ4n) is 11.8. The van der Waals surface area contributed by atoms with Crippen molar-refractivity contribution in [2.24, 2.45) is 0 Å². The fraction of sp³-hybridized carbons (Fsp3) is 0.958. The largest absolute Gasteiger partial charge is 0.394 e. The van der Waals surface area contributed by atoms with Crippen molar-refractivity contribution in [2.45, 2.75) is 437 Å². The lowest BCUT2D eigenvalue weighted by atomic mass is 10.0. The molecule has 4 heteroatoms. The van der Waals surface area contributed by atoms with Crippen molar-refractivity contribution < 1.29 is 15.0 Å². The van der Waals surface area contributed by atoms with Crippen LogP contribution < -0.4 is 5.32 Å². The van der Waals surface area contributed by atoms with E-state index in [1.165, 1.54) is 379 Å². The molecule has 0 aliphatic rings. The lowest BCUT2D eigenvalue weighted by Crippen LogP contribution is -2.45. The first-order chi connectivity index (χ1) is 37.7. The number of carbonyl (C=O) groups excluding carboxylic acids is 1. The minimum absolute atomic E-state index is 0.0527. The van der Waals surface area contributed by atoms with Crippen LogP contribution in [0.4, 0.5) is 0 Å². The van der Waals surface area contributed by atoms with Crippen molar-refractivity contribution in [3.05, 3.63) is 12.2 Å². The number of hydrogen-bond acceptors (Lipinski definition) is 3. The molecule has 0 fully saturated rings. The Morgan fingerprint density at radius 2 is 0.487 bits per heavy atom. The van der Waals surface area contributed by atoms with Gasteiger partial charge in [0.15, 0.2) is 0 Å². The fourth-order valence-corrected chi connectivity index (χ4v) is 11.8. The standard InChI is InChI=1S/C72H143NO3/c1-3-5-7-9-11-13-15-17-19-21-23-25-27-29-31-33-34-35-36-37-38-39-40-42-44-46-48-50-52-54-56-58-60-62-64-66-68-72(76)73-70(69-74)71(75)67-65-63-61-59-57-55-53-51-49-47-45-43-41-32-30-28-26-24-22-20-18-16-14-12-10-8-6-4-2/h65,67,70-71,74-75H,3-64,66,68-69H2,1-2H3,(H,73,76)/b67-65+. The first-order valence-corrected chi connectivity index (χ1v) is 35.9. The summed E-state index contributed by atoms with van der Waals surface area (Å²) in [5, 5.41) is 23.3. The SMILES string of the molecule is CCCCCCCCCCCCCCCCCCCCCCCCCCCC/C=C/C(O)C(CO)NC(=O)CCCCCCCCCCCCCCCCCCCCCCCCCCCCCCCCCCCCCC. The van der Waals surface area contributed by atoms with Gasteiger partial charge in [-0.15, -0.1) is 0 Å². The maximum Gasteiger partial charge on any atom is 0.220 e. The van der Waals surface area contributed by atoms with Crippen molar-refractivity contribution in [3.8, 4) is 0 Å². The molecule has 0 aromatic rings. The predicted molar refractivity (Wildman–Crippen MR) is 341 cm³/mol. The monoisotopic (exact) mass is 1070 g/mol. The van der Waals surface area contributed by atoms with Crippen molar-refractivity contribution in [1.29, 1.82) is 0 Å². The molecule has 2 unspecified atom stereocenters. The highest BCUT2D eigenvalue weighted by Gasteiger charge is 2.18. The van der Waals surface area contributed by atoms with E-state index in [-0.39, 0.29) is 12.5 Å². The summed E-state index contributed by atoms with van der Waals surface area (Å²) >= 11 is 0. The van der Waals surface area contributed by atoms with Crippen LogP contribution in [0.2, 0.25) is 0 Å². The molecule has 0 radical (unpaired) electrons. The van der Waals surface area contributed by atoms with Crippen molar-refractivity contribution in [2.75, 3.05) is 6.61 Å². The molecule has 0 bridgehead atoms. The quantitative estimate of drug-likeness (QED) is 0.0420. The summed E-state index contributed by atoms with van der Waals surface area (Å²) in [5.41, 5.74) is 0. The molecule has 0 aliphatic carbocycles. The summed E-state index contributed by atoms with van der Waals surface area (Å²) in [6, 6.07) is -0.620. The predicted octanol–water partition coefficient (Wildman–Crippen LogP) is 24.4. The second-order valence-electron chi connectivity index (χ2n) is 25.0. The third-order valence-electron chi connectivity index (χ3n) is 17.3. The molecular weight excluding hydrogens is 927 g/mol. The van der Waals surface area contributed by atoms with Gasteiger partial charge in [0.25, 0.3) is 0 Å². The van der Waals surface area contributed by atoms with Gasteiger partial charge in [-0.25, -0.2) is 0 Å². The molecule has 0 aromatic carbocycles. The van der Waals surface area contributed by atoms with Crippen molar-refractivity contribution >= 4 is 5.91 Å². The number of unbranched alkanes of at least 4 members (excludes halogenated alkanes) is 61. The zero-order valence-corrected chi connectivity index (χ0v) is 52.6. The van der Waals surface area contributed by atoms with Crippen LogP contribution in [0.3, 0.4) is 0 Å². The molecule has 2 atom stereocenters. The second kappa shape index (κ2) is 68.4. The van der Waals surface area contributed by atoms with Gasteiger partial charge in [0.1, 0.15) is 0 Å². The van der Waals surface area contributed by atoms with Gasteiger partial charge in [-0.3, -0.25) is 4.79 Å². The number of aliphatic hydroxyl groups is 2. The van der Waals surface area contributed by atoms with Crippen LogP contribution in [-0.4, -0.2) is 34.9 Å². The molecule has 0 spiro atoms. The minimum atomic E-state index is -0.837. The maximum absolute atomic E-state index is 12.5. The van der Waals surface area contributed by atoms with E-state index in [9.17, 15) is 15.0 Å². The lowest BCUT2D eigenvalue weighted by molar-refractivity contribution is -0.123. The van der Waals surface area contributed by atoms with Crippen molar-refractivity contribution in [3.63, 3.8) is 0 Å². The second-order valence-corrected chi connectivity index (χ2v) is 25.0. The van der Waals surface area contributed by atoms with E-state index >= 15 is 0 Å². The Morgan fingerprint density at radius 1 is 0.303 bits per heavy atom. The summed E-state index contributed by atoms with van der Waals surface area (Å²) in [6.45, 7) is 4.37.